The van der Waals surface area contributed by atoms with E-state index in [1.165, 1.54) is 21.5 Å². The van der Waals surface area contributed by atoms with Crippen LogP contribution in [-0.2, 0) is 0 Å². The van der Waals surface area contributed by atoms with Gasteiger partial charge in [-0.1, -0.05) is 51.8 Å². The van der Waals surface area contributed by atoms with Gasteiger partial charge in [0.05, 0.1) is 5.02 Å². The van der Waals surface area contributed by atoms with Gasteiger partial charge in [0.1, 0.15) is 0 Å². The van der Waals surface area contributed by atoms with Crippen LogP contribution in [0.1, 0.15) is 0 Å². The van der Waals surface area contributed by atoms with Crippen LogP contribution < -0.4 is 0 Å². The minimum atomic E-state index is 0.741. The number of hydrogen-bond acceptors (Lipinski definition) is 0. The summed E-state index contributed by atoms with van der Waals surface area (Å²) >= 11 is 13.2. The average Bonchev–Trinajstić information content (AvgIpc) is 2.31. The van der Waals surface area contributed by atoms with Gasteiger partial charge in [0.25, 0.3) is 0 Å². The van der Waals surface area contributed by atoms with Gasteiger partial charge in [-0.2, -0.15) is 0 Å². The van der Waals surface area contributed by atoms with Crippen LogP contribution in [-0.4, -0.2) is 0 Å². The Labute approximate surface area is 121 Å². The summed E-state index contributed by atoms with van der Waals surface area (Å²) in [6, 6.07) is 14.5. The van der Waals surface area contributed by atoms with Gasteiger partial charge in [-0.25, -0.2) is 0 Å². The van der Waals surface area contributed by atoms with Crippen molar-refractivity contribution in [1.29, 1.82) is 0 Å². The standard InChI is InChI=1S/C14H7Br2Cl/c15-12-3-1-2-9-10(12)5-4-8-6-13(16)14(17)7-11(8)9/h1-7H. The first-order chi connectivity index (χ1) is 8.16. The highest BCUT2D eigenvalue weighted by Gasteiger charge is 2.05. The van der Waals surface area contributed by atoms with Crippen molar-refractivity contribution >= 4 is 65.0 Å². The maximum absolute atomic E-state index is 6.17. The van der Waals surface area contributed by atoms with Crippen LogP contribution in [0.5, 0.6) is 0 Å². The van der Waals surface area contributed by atoms with Crippen LogP contribution in [0.3, 0.4) is 0 Å². The predicted octanol–water partition coefficient (Wildman–Crippen LogP) is 6.17. The highest BCUT2D eigenvalue weighted by Crippen LogP contribution is 2.34. The molecular formula is C14H7Br2Cl. The summed E-state index contributed by atoms with van der Waals surface area (Å²) in [7, 11) is 0. The second kappa shape index (κ2) is 4.27. The largest absolute Gasteiger partial charge is 0.0831 e. The molecule has 84 valence electrons. The highest BCUT2D eigenvalue weighted by atomic mass is 79.9. The summed E-state index contributed by atoms with van der Waals surface area (Å²) in [5, 5.41) is 5.53. The third kappa shape index (κ3) is 1.88. The van der Waals surface area contributed by atoms with E-state index >= 15 is 0 Å². The van der Waals surface area contributed by atoms with Crippen LogP contribution >= 0.6 is 43.5 Å². The molecule has 3 heteroatoms. The lowest BCUT2D eigenvalue weighted by Crippen LogP contribution is -1.80. The van der Waals surface area contributed by atoms with E-state index in [4.69, 9.17) is 11.6 Å². The minimum absolute atomic E-state index is 0.741. The minimum Gasteiger partial charge on any atom is -0.0831 e. The lowest BCUT2D eigenvalue weighted by atomic mass is 10.0. The fourth-order valence-electron chi connectivity index (χ4n) is 2.05. The Balaban J connectivity index is 2.55. The lowest BCUT2D eigenvalue weighted by molar-refractivity contribution is 1.70. The number of benzene rings is 3. The summed E-state index contributed by atoms with van der Waals surface area (Å²) in [6.07, 6.45) is 0. The number of halogens is 3. The van der Waals surface area contributed by atoms with E-state index in [0.717, 1.165) is 14.0 Å². The van der Waals surface area contributed by atoms with E-state index in [2.05, 4.69) is 62.2 Å². The molecule has 17 heavy (non-hydrogen) atoms. The van der Waals surface area contributed by atoms with E-state index < -0.39 is 0 Å². The summed E-state index contributed by atoms with van der Waals surface area (Å²) in [5.41, 5.74) is 0. The van der Waals surface area contributed by atoms with Gasteiger partial charge in [0.15, 0.2) is 0 Å². The second-order valence-electron chi connectivity index (χ2n) is 3.89. The molecule has 0 aliphatic carbocycles. The van der Waals surface area contributed by atoms with Crippen LogP contribution in [0.4, 0.5) is 0 Å². The van der Waals surface area contributed by atoms with Crippen molar-refractivity contribution in [2.45, 2.75) is 0 Å². The molecule has 3 aromatic rings. The monoisotopic (exact) mass is 368 g/mol. The van der Waals surface area contributed by atoms with Gasteiger partial charge in [0.2, 0.25) is 0 Å². The second-order valence-corrected chi connectivity index (χ2v) is 6.00. The third-order valence-electron chi connectivity index (χ3n) is 2.87. The molecule has 0 amide bonds. The molecule has 0 radical (unpaired) electrons. The normalized spacial score (nSPS) is 11.2. The van der Waals surface area contributed by atoms with Gasteiger partial charge >= 0.3 is 0 Å². The van der Waals surface area contributed by atoms with Gasteiger partial charge in [0, 0.05) is 8.95 Å². The van der Waals surface area contributed by atoms with Crippen LogP contribution in [0.25, 0.3) is 21.5 Å². The zero-order valence-corrected chi connectivity index (χ0v) is 12.6. The van der Waals surface area contributed by atoms with Crippen molar-refractivity contribution < 1.29 is 0 Å². The average molecular weight is 370 g/mol. The van der Waals surface area contributed by atoms with E-state index in [1.807, 2.05) is 12.1 Å². The Morgan fingerprint density at radius 1 is 0.765 bits per heavy atom. The molecule has 0 spiro atoms. The van der Waals surface area contributed by atoms with Crippen molar-refractivity contribution in [1.82, 2.24) is 0 Å². The predicted molar refractivity (Wildman–Crippen MR) is 81.9 cm³/mol. The summed E-state index contributed by atoms with van der Waals surface area (Å²) in [5.74, 6) is 0. The lowest BCUT2D eigenvalue weighted by Gasteiger charge is -2.07. The maximum Gasteiger partial charge on any atom is 0.0554 e. The fourth-order valence-corrected chi connectivity index (χ4v) is 3.07. The molecule has 0 aromatic heterocycles. The Hall–Kier alpha value is -0.570. The SMILES string of the molecule is Clc1cc2c(ccc3c(Br)cccc32)cc1Br. The molecule has 0 bridgehead atoms. The van der Waals surface area contributed by atoms with E-state index in [-0.39, 0.29) is 0 Å². The van der Waals surface area contributed by atoms with Crippen molar-refractivity contribution in [3.63, 3.8) is 0 Å². The molecule has 0 unspecified atom stereocenters. The fraction of sp³-hybridized carbons (Fsp3) is 0. The Bertz CT molecular complexity index is 735. The zero-order valence-electron chi connectivity index (χ0n) is 8.68. The van der Waals surface area contributed by atoms with Crippen molar-refractivity contribution in [2.75, 3.05) is 0 Å². The van der Waals surface area contributed by atoms with Gasteiger partial charge in [-0.05, 0) is 55.7 Å². The molecule has 0 aliphatic rings. The van der Waals surface area contributed by atoms with Crippen molar-refractivity contribution in [3.05, 3.63) is 56.4 Å². The summed E-state index contributed by atoms with van der Waals surface area (Å²) in [6.45, 7) is 0. The molecule has 3 aromatic carbocycles. The number of fused-ring (bicyclic) bond motifs is 3. The Morgan fingerprint density at radius 3 is 2.41 bits per heavy atom. The maximum atomic E-state index is 6.17. The van der Waals surface area contributed by atoms with Gasteiger partial charge in [-0.3, -0.25) is 0 Å². The molecule has 0 fully saturated rings. The third-order valence-corrected chi connectivity index (χ3v) is 4.75. The Kier molecular flexibility index (Phi) is 2.89. The highest BCUT2D eigenvalue weighted by molar-refractivity contribution is 9.11. The molecule has 0 nitrogen and oxygen atoms in total. The quantitative estimate of drug-likeness (QED) is 0.415. The molecule has 0 saturated heterocycles. The molecule has 0 N–H and O–H groups in total. The molecule has 0 heterocycles. The van der Waals surface area contributed by atoms with Crippen LogP contribution in [0.2, 0.25) is 5.02 Å². The molecule has 0 aliphatic heterocycles. The molecule has 0 atom stereocenters. The molecule has 0 saturated carbocycles. The first-order valence-corrected chi connectivity index (χ1v) is 7.09. The van der Waals surface area contributed by atoms with Gasteiger partial charge in [-0.15, -0.1) is 0 Å². The van der Waals surface area contributed by atoms with E-state index in [0.29, 0.717) is 0 Å². The first-order valence-electron chi connectivity index (χ1n) is 5.13. The molecular weight excluding hydrogens is 363 g/mol. The summed E-state index contributed by atoms with van der Waals surface area (Å²) < 4.78 is 2.04. The van der Waals surface area contributed by atoms with Crippen molar-refractivity contribution in [3.8, 4) is 0 Å². The summed E-state index contributed by atoms with van der Waals surface area (Å²) in [4.78, 5) is 0. The first kappa shape index (κ1) is 11.5. The Morgan fingerprint density at radius 2 is 1.59 bits per heavy atom. The van der Waals surface area contributed by atoms with Crippen LogP contribution in [0.15, 0.2) is 51.4 Å². The molecule has 3 rings (SSSR count). The van der Waals surface area contributed by atoms with Gasteiger partial charge < -0.3 is 0 Å². The number of hydrogen-bond donors (Lipinski definition) is 0. The van der Waals surface area contributed by atoms with E-state index in [9.17, 15) is 0 Å². The smallest absolute Gasteiger partial charge is 0.0554 e. The number of rotatable bonds is 0. The van der Waals surface area contributed by atoms with Crippen molar-refractivity contribution in [2.24, 2.45) is 0 Å². The van der Waals surface area contributed by atoms with E-state index in [1.54, 1.807) is 0 Å². The zero-order chi connectivity index (χ0) is 12.0. The van der Waals surface area contributed by atoms with Crippen LogP contribution in [0, 0.1) is 0 Å². The topological polar surface area (TPSA) is 0 Å².